The third-order valence-electron chi connectivity index (χ3n) is 3.29. The summed E-state index contributed by atoms with van der Waals surface area (Å²) < 4.78 is 10.6. The molecule has 1 unspecified atom stereocenters. The number of hydrogen-bond donors (Lipinski definition) is 1. The lowest BCUT2D eigenvalue weighted by molar-refractivity contribution is -0.159. The van der Waals surface area contributed by atoms with Gasteiger partial charge >= 0.3 is 5.97 Å². The number of amides is 1. The van der Waals surface area contributed by atoms with Crippen molar-refractivity contribution < 1.29 is 24.2 Å². The normalized spacial score (nSPS) is 18.4. The first-order valence-electron chi connectivity index (χ1n) is 6.78. The number of carbonyl (C=O) groups excluding carboxylic acids is 1. The minimum atomic E-state index is -1.06. The SMILES string of the molecule is Cc1cc(C)cc(OCC(=O)N2CCOCC2C(=O)O)c1. The van der Waals surface area contributed by atoms with E-state index in [9.17, 15) is 9.59 Å². The Morgan fingerprint density at radius 2 is 2.00 bits per heavy atom. The Kier molecular flexibility index (Phi) is 4.80. The first-order valence-corrected chi connectivity index (χ1v) is 6.78. The molecule has 0 spiro atoms. The number of aliphatic carboxylic acids is 1. The number of rotatable bonds is 4. The zero-order valence-electron chi connectivity index (χ0n) is 12.2. The molecule has 0 saturated carbocycles. The number of morpholine rings is 1. The molecule has 1 aromatic rings. The molecule has 1 atom stereocenters. The first-order chi connectivity index (χ1) is 9.97. The number of carbonyl (C=O) groups is 2. The van der Waals surface area contributed by atoms with E-state index in [-0.39, 0.29) is 25.7 Å². The van der Waals surface area contributed by atoms with Crippen LogP contribution in [0.5, 0.6) is 5.75 Å². The van der Waals surface area contributed by atoms with Crippen molar-refractivity contribution in [2.75, 3.05) is 26.4 Å². The summed E-state index contributed by atoms with van der Waals surface area (Å²) in [6.07, 6.45) is 0. The highest BCUT2D eigenvalue weighted by molar-refractivity contribution is 5.84. The van der Waals surface area contributed by atoms with Crippen LogP contribution in [0.1, 0.15) is 11.1 Å². The number of carboxylic acids is 1. The Hall–Kier alpha value is -2.08. The standard InChI is InChI=1S/C15H19NO5/c1-10-5-11(2)7-12(6-10)21-9-14(17)16-3-4-20-8-13(16)15(18)19/h5-7,13H,3-4,8-9H2,1-2H3,(H,18,19). The lowest BCUT2D eigenvalue weighted by Gasteiger charge is -2.32. The van der Waals surface area contributed by atoms with Crippen molar-refractivity contribution in [2.45, 2.75) is 19.9 Å². The fourth-order valence-electron chi connectivity index (χ4n) is 2.35. The van der Waals surface area contributed by atoms with Crippen LogP contribution < -0.4 is 4.74 Å². The molecule has 0 aliphatic carbocycles. The Morgan fingerprint density at radius 3 is 2.62 bits per heavy atom. The lowest BCUT2D eigenvalue weighted by atomic mass is 10.1. The molecule has 1 amide bonds. The maximum absolute atomic E-state index is 12.1. The second-order valence-corrected chi connectivity index (χ2v) is 5.13. The van der Waals surface area contributed by atoms with Crippen LogP contribution in [0, 0.1) is 13.8 Å². The quantitative estimate of drug-likeness (QED) is 0.896. The van der Waals surface area contributed by atoms with Crippen LogP contribution >= 0.6 is 0 Å². The van der Waals surface area contributed by atoms with E-state index in [0.717, 1.165) is 11.1 Å². The number of hydrogen-bond acceptors (Lipinski definition) is 4. The van der Waals surface area contributed by atoms with Gasteiger partial charge < -0.3 is 19.5 Å². The zero-order valence-corrected chi connectivity index (χ0v) is 12.2. The average molecular weight is 293 g/mol. The van der Waals surface area contributed by atoms with Crippen molar-refractivity contribution in [3.8, 4) is 5.75 Å². The second kappa shape index (κ2) is 6.58. The summed E-state index contributed by atoms with van der Waals surface area (Å²) in [7, 11) is 0. The molecule has 1 heterocycles. The Morgan fingerprint density at radius 1 is 1.33 bits per heavy atom. The van der Waals surface area contributed by atoms with Gasteiger partial charge in [0, 0.05) is 6.54 Å². The maximum atomic E-state index is 12.1. The van der Waals surface area contributed by atoms with Crippen molar-refractivity contribution in [1.29, 1.82) is 0 Å². The van der Waals surface area contributed by atoms with Crippen LogP contribution in [0.25, 0.3) is 0 Å². The number of benzene rings is 1. The molecule has 114 valence electrons. The molecule has 21 heavy (non-hydrogen) atoms. The molecule has 1 fully saturated rings. The summed E-state index contributed by atoms with van der Waals surface area (Å²) in [5.74, 6) is -0.791. The highest BCUT2D eigenvalue weighted by Crippen LogP contribution is 2.16. The van der Waals surface area contributed by atoms with Gasteiger partial charge in [0.1, 0.15) is 5.75 Å². The third kappa shape index (κ3) is 3.95. The smallest absolute Gasteiger partial charge is 0.328 e. The van der Waals surface area contributed by atoms with Crippen molar-refractivity contribution >= 4 is 11.9 Å². The van der Waals surface area contributed by atoms with Crippen molar-refractivity contribution in [1.82, 2.24) is 4.90 Å². The predicted octanol–water partition coefficient (Wildman–Crippen LogP) is 0.994. The summed E-state index contributed by atoms with van der Waals surface area (Å²) >= 11 is 0. The highest BCUT2D eigenvalue weighted by atomic mass is 16.5. The lowest BCUT2D eigenvalue weighted by Crippen LogP contribution is -2.53. The first kappa shape index (κ1) is 15.3. The molecular weight excluding hydrogens is 274 g/mol. The van der Waals surface area contributed by atoms with Crippen LogP contribution in [0.4, 0.5) is 0 Å². The van der Waals surface area contributed by atoms with E-state index in [0.29, 0.717) is 12.4 Å². The van der Waals surface area contributed by atoms with Crippen LogP contribution in [0.2, 0.25) is 0 Å². The largest absolute Gasteiger partial charge is 0.484 e. The van der Waals surface area contributed by atoms with Gasteiger partial charge in [0.15, 0.2) is 12.6 Å². The second-order valence-electron chi connectivity index (χ2n) is 5.13. The van der Waals surface area contributed by atoms with Gasteiger partial charge in [-0.3, -0.25) is 4.79 Å². The van der Waals surface area contributed by atoms with Gasteiger partial charge in [-0.2, -0.15) is 0 Å². The topological polar surface area (TPSA) is 76.1 Å². The molecular formula is C15H19NO5. The minimum absolute atomic E-state index is 0.0185. The molecule has 6 nitrogen and oxygen atoms in total. The number of aryl methyl sites for hydroxylation is 2. The van der Waals surface area contributed by atoms with E-state index in [1.54, 1.807) is 0 Å². The van der Waals surface area contributed by atoms with Gasteiger partial charge in [-0.05, 0) is 37.1 Å². The van der Waals surface area contributed by atoms with Gasteiger partial charge in [0.2, 0.25) is 0 Å². The number of carboxylic acid groups (broad SMARTS) is 1. The summed E-state index contributed by atoms with van der Waals surface area (Å²) in [6, 6.07) is 4.76. The molecule has 1 aromatic carbocycles. The fourth-order valence-corrected chi connectivity index (χ4v) is 2.35. The van der Waals surface area contributed by atoms with E-state index >= 15 is 0 Å². The van der Waals surface area contributed by atoms with E-state index in [1.165, 1.54) is 4.90 Å². The minimum Gasteiger partial charge on any atom is -0.484 e. The maximum Gasteiger partial charge on any atom is 0.328 e. The molecule has 1 N–H and O–H groups in total. The van der Waals surface area contributed by atoms with Crippen molar-refractivity contribution in [3.63, 3.8) is 0 Å². The summed E-state index contributed by atoms with van der Waals surface area (Å²) in [6.45, 7) is 4.36. The van der Waals surface area contributed by atoms with E-state index in [4.69, 9.17) is 14.6 Å². The van der Waals surface area contributed by atoms with E-state index in [2.05, 4.69) is 0 Å². The van der Waals surface area contributed by atoms with E-state index < -0.39 is 12.0 Å². The Labute approximate surface area is 123 Å². The molecule has 1 aliphatic heterocycles. The van der Waals surface area contributed by atoms with Crippen LogP contribution in [0.3, 0.4) is 0 Å². The van der Waals surface area contributed by atoms with Gasteiger partial charge in [0.25, 0.3) is 5.91 Å². The van der Waals surface area contributed by atoms with Gasteiger partial charge in [0.05, 0.1) is 13.2 Å². The zero-order chi connectivity index (χ0) is 15.4. The Bertz CT molecular complexity index is 523. The molecule has 0 radical (unpaired) electrons. The van der Waals surface area contributed by atoms with Crippen molar-refractivity contribution in [2.24, 2.45) is 0 Å². The van der Waals surface area contributed by atoms with Crippen LogP contribution in [0.15, 0.2) is 18.2 Å². The fraction of sp³-hybridized carbons (Fsp3) is 0.467. The average Bonchev–Trinajstić information content (AvgIpc) is 2.43. The van der Waals surface area contributed by atoms with Gasteiger partial charge in [-0.1, -0.05) is 6.07 Å². The van der Waals surface area contributed by atoms with Gasteiger partial charge in [-0.15, -0.1) is 0 Å². The molecule has 0 bridgehead atoms. The summed E-state index contributed by atoms with van der Waals surface area (Å²) in [5.41, 5.74) is 2.10. The third-order valence-corrected chi connectivity index (χ3v) is 3.29. The summed E-state index contributed by atoms with van der Waals surface area (Å²) in [5, 5.41) is 9.10. The highest BCUT2D eigenvalue weighted by Gasteiger charge is 2.32. The van der Waals surface area contributed by atoms with Crippen molar-refractivity contribution in [3.05, 3.63) is 29.3 Å². The molecule has 1 saturated heterocycles. The number of ether oxygens (including phenoxy) is 2. The van der Waals surface area contributed by atoms with Gasteiger partial charge in [-0.25, -0.2) is 4.79 Å². The molecule has 1 aliphatic rings. The van der Waals surface area contributed by atoms with Crippen LogP contribution in [-0.2, 0) is 14.3 Å². The molecule has 2 rings (SSSR count). The predicted molar refractivity (Wildman–Crippen MR) is 75.4 cm³/mol. The monoisotopic (exact) mass is 293 g/mol. The number of nitrogens with zero attached hydrogens (tertiary/aromatic N) is 1. The van der Waals surface area contributed by atoms with E-state index in [1.807, 2.05) is 32.0 Å². The Balaban J connectivity index is 1.98. The van der Waals surface area contributed by atoms with Crippen LogP contribution in [-0.4, -0.2) is 54.3 Å². The molecule has 6 heteroatoms. The molecule has 0 aromatic heterocycles. The summed E-state index contributed by atoms with van der Waals surface area (Å²) in [4.78, 5) is 24.6.